The molecule has 530 valence electrons. The number of carbonyl (C=O) groups excluding carboxylic acids is 1. The van der Waals surface area contributed by atoms with Gasteiger partial charge in [-0.2, -0.15) is 0 Å². The van der Waals surface area contributed by atoms with Crippen LogP contribution in [0.5, 0.6) is 0 Å². The lowest BCUT2D eigenvalue weighted by atomic mass is 9.96. The topological polar surface area (TPSA) is 307 Å². The summed E-state index contributed by atoms with van der Waals surface area (Å²) in [5.74, 6) is -0.311. The fourth-order valence-corrected chi connectivity index (χ4v) is 11.4. The van der Waals surface area contributed by atoms with Crippen LogP contribution in [0.1, 0.15) is 226 Å². The SMILES string of the molecule is CC/C=C\C/C=C\C/C=C\C/C=C\C/C=C\CCCCCCCC(=O)NC(COC1OC(CO)C(OC2OC(CO)C(OC3OC(CO)C(O)C(O)C3O)C(O)C2O)C(O)C1O)C(O)/C=C/CC/C=C/CC/C=C/CCCCCCCCCCCCCCCCCC. The van der Waals surface area contributed by atoms with E-state index >= 15 is 0 Å². The van der Waals surface area contributed by atoms with Gasteiger partial charge in [-0.1, -0.05) is 227 Å². The van der Waals surface area contributed by atoms with Gasteiger partial charge in [-0.05, 0) is 89.9 Å². The summed E-state index contributed by atoms with van der Waals surface area (Å²) in [6.07, 6.45) is 43.8. The van der Waals surface area contributed by atoms with Crippen LogP contribution in [0.4, 0.5) is 0 Å². The van der Waals surface area contributed by atoms with E-state index in [1.165, 1.54) is 103 Å². The zero-order chi connectivity index (χ0) is 66.8. The number of aliphatic hydroxyl groups is 11. The van der Waals surface area contributed by atoms with E-state index in [9.17, 15) is 61.0 Å². The van der Waals surface area contributed by atoms with Crippen LogP contribution in [-0.4, -0.2) is 193 Å². The average Bonchev–Trinajstić information content (AvgIpc) is 0.838. The van der Waals surface area contributed by atoms with E-state index < -0.39 is 124 Å². The van der Waals surface area contributed by atoms with Gasteiger partial charge in [0.05, 0.1) is 38.6 Å². The predicted octanol–water partition coefficient (Wildman–Crippen LogP) is 9.66. The van der Waals surface area contributed by atoms with Gasteiger partial charge in [0.2, 0.25) is 5.91 Å². The molecule has 17 unspecified atom stereocenters. The Balaban J connectivity index is 1.46. The number of rotatable bonds is 53. The van der Waals surface area contributed by atoms with Crippen molar-refractivity contribution >= 4 is 5.91 Å². The van der Waals surface area contributed by atoms with E-state index in [2.05, 4.69) is 104 Å². The summed E-state index contributed by atoms with van der Waals surface area (Å²) in [5, 5.41) is 121. The van der Waals surface area contributed by atoms with Gasteiger partial charge in [0.15, 0.2) is 18.9 Å². The van der Waals surface area contributed by atoms with Crippen LogP contribution in [0.3, 0.4) is 0 Å². The number of nitrogens with one attached hydrogen (secondary N) is 1. The van der Waals surface area contributed by atoms with Crippen LogP contribution in [0.2, 0.25) is 0 Å². The third-order valence-corrected chi connectivity index (χ3v) is 17.1. The number of carbonyl (C=O) groups is 1. The summed E-state index contributed by atoms with van der Waals surface area (Å²) >= 11 is 0. The summed E-state index contributed by atoms with van der Waals surface area (Å²) in [6.45, 7) is 1.58. The number of hydrogen-bond donors (Lipinski definition) is 12. The van der Waals surface area contributed by atoms with E-state index in [0.717, 1.165) is 89.9 Å². The molecule has 3 rings (SSSR count). The minimum atomic E-state index is -1.99. The Morgan fingerprint density at radius 3 is 1.22 bits per heavy atom. The summed E-state index contributed by atoms with van der Waals surface area (Å²) < 4.78 is 34.3. The highest BCUT2D eigenvalue weighted by Crippen LogP contribution is 2.33. The number of unbranched alkanes of at least 4 members (excludes halogenated alkanes) is 23. The summed E-state index contributed by atoms with van der Waals surface area (Å²) in [7, 11) is 0. The first kappa shape index (κ1) is 82.9. The lowest BCUT2D eigenvalue weighted by molar-refractivity contribution is -0.379. The van der Waals surface area contributed by atoms with Crippen molar-refractivity contribution in [2.75, 3.05) is 26.4 Å². The highest BCUT2D eigenvalue weighted by atomic mass is 16.8. The normalized spacial score (nSPS) is 28.3. The molecular formula is C73H125NO18. The van der Waals surface area contributed by atoms with E-state index in [0.29, 0.717) is 12.8 Å². The maximum atomic E-state index is 13.4. The van der Waals surface area contributed by atoms with Gasteiger partial charge < -0.3 is 89.9 Å². The molecule has 12 N–H and O–H groups in total. The molecule has 0 aromatic heterocycles. The second-order valence-electron chi connectivity index (χ2n) is 24.9. The van der Waals surface area contributed by atoms with Crippen LogP contribution >= 0.6 is 0 Å². The number of ether oxygens (including phenoxy) is 6. The number of allylic oxidation sites excluding steroid dienone is 15. The average molecular weight is 1300 g/mol. The van der Waals surface area contributed by atoms with E-state index in [4.69, 9.17) is 28.4 Å². The summed E-state index contributed by atoms with van der Waals surface area (Å²) in [4.78, 5) is 13.4. The zero-order valence-corrected chi connectivity index (χ0v) is 56.0. The quantitative estimate of drug-likeness (QED) is 0.0199. The lowest BCUT2D eigenvalue weighted by Gasteiger charge is -2.48. The molecule has 3 saturated heterocycles. The van der Waals surface area contributed by atoms with Gasteiger partial charge in [0, 0.05) is 6.42 Å². The van der Waals surface area contributed by atoms with Crippen molar-refractivity contribution in [1.82, 2.24) is 5.32 Å². The van der Waals surface area contributed by atoms with Crippen LogP contribution in [0, 0.1) is 0 Å². The molecule has 0 saturated carbocycles. The molecule has 0 bridgehead atoms. The smallest absolute Gasteiger partial charge is 0.220 e. The maximum absolute atomic E-state index is 13.4. The Hall–Kier alpha value is -3.29. The monoisotopic (exact) mass is 1300 g/mol. The third-order valence-electron chi connectivity index (χ3n) is 17.1. The highest BCUT2D eigenvalue weighted by molar-refractivity contribution is 5.76. The molecule has 0 aliphatic carbocycles. The van der Waals surface area contributed by atoms with Gasteiger partial charge >= 0.3 is 0 Å². The second kappa shape index (κ2) is 53.8. The molecule has 3 heterocycles. The van der Waals surface area contributed by atoms with Crippen LogP contribution in [0.25, 0.3) is 0 Å². The molecule has 3 aliphatic heterocycles. The van der Waals surface area contributed by atoms with Crippen molar-refractivity contribution in [1.29, 1.82) is 0 Å². The van der Waals surface area contributed by atoms with Crippen molar-refractivity contribution in [2.45, 2.75) is 330 Å². The Kier molecular flexibility index (Phi) is 48.5. The van der Waals surface area contributed by atoms with Crippen LogP contribution in [-0.2, 0) is 33.2 Å². The molecule has 92 heavy (non-hydrogen) atoms. The van der Waals surface area contributed by atoms with Crippen molar-refractivity contribution in [3.05, 3.63) is 97.2 Å². The molecule has 17 atom stereocenters. The van der Waals surface area contributed by atoms with Gasteiger partial charge in [-0.25, -0.2) is 0 Å². The van der Waals surface area contributed by atoms with Crippen molar-refractivity contribution in [3.63, 3.8) is 0 Å². The maximum Gasteiger partial charge on any atom is 0.220 e. The summed E-state index contributed by atoms with van der Waals surface area (Å²) in [6, 6.07) is -1.01. The Labute approximate surface area is 552 Å². The van der Waals surface area contributed by atoms with E-state index in [1.54, 1.807) is 6.08 Å². The van der Waals surface area contributed by atoms with Gasteiger partial charge in [0.25, 0.3) is 0 Å². The predicted molar refractivity (Wildman–Crippen MR) is 360 cm³/mol. The Morgan fingerprint density at radius 1 is 0.402 bits per heavy atom. The van der Waals surface area contributed by atoms with Crippen molar-refractivity contribution in [3.8, 4) is 0 Å². The van der Waals surface area contributed by atoms with Gasteiger partial charge in [0.1, 0.15) is 73.2 Å². The minimum absolute atomic E-state index is 0.204. The zero-order valence-electron chi connectivity index (χ0n) is 56.0. The van der Waals surface area contributed by atoms with Crippen LogP contribution < -0.4 is 5.32 Å². The van der Waals surface area contributed by atoms with Gasteiger partial charge in [-0.15, -0.1) is 0 Å². The number of hydrogen-bond acceptors (Lipinski definition) is 18. The third kappa shape index (κ3) is 35.1. The molecule has 19 nitrogen and oxygen atoms in total. The Bertz CT molecular complexity index is 2040. The largest absolute Gasteiger partial charge is 0.394 e. The minimum Gasteiger partial charge on any atom is -0.394 e. The molecule has 1 amide bonds. The number of aliphatic hydroxyl groups excluding tert-OH is 11. The number of amides is 1. The first-order chi connectivity index (χ1) is 44.8. The molecule has 0 spiro atoms. The first-order valence-corrected chi connectivity index (χ1v) is 35.5. The van der Waals surface area contributed by atoms with E-state index in [-0.39, 0.29) is 18.9 Å². The lowest BCUT2D eigenvalue weighted by Crippen LogP contribution is -2.66. The summed E-state index contributed by atoms with van der Waals surface area (Å²) in [5.41, 5.74) is 0. The molecule has 0 aromatic rings. The standard InChI is InChI=1S/C73H125NO18/c1-3-5-7-9-11-13-15-17-19-21-23-25-26-27-28-29-31-32-34-36-38-40-42-44-46-48-50-57(78)56(74-61(79)51-49-47-45-43-41-39-37-35-33-30-24-22-20-18-16-14-12-10-8-6-4-2)55-87-71-67(85)64(82)69(59(53-76)89-71)92-73-68(86)65(83)70(60(54-77)90-73)91-72-66(84)63(81)62(80)58(52-75)88-72/h6,8,12,14,18,20,24,30,32,34-35,37,40,42,48,50,56-60,62-73,75-78,80-86H,3-5,7,9-11,13,15-17,19,21-23,25-29,31,33,36,38-39,41,43-47,49,51-55H2,1-2H3,(H,74,79)/b8-6-,14-12-,20-18-,30-24-,34-32+,37-35-,42-40+,50-48+. The molecule has 3 aliphatic rings. The highest BCUT2D eigenvalue weighted by Gasteiger charge is 2.53. The second-order valence-corrected chi connectivity index (χ2v) is 24.9. The van der Waals surface area contributed by atoms with Crippen molar-refractivity contribution in [2.24, 2.45) is 0 Å². The molecule has 0 aromatic carbocycles. The Morgan fingerprint density at radius 2 is 0.761 bits per heavy atom. The molecule has 0 radical (unpaired) electrons. The molecular weight excluding hydrogens is 1180 g/mol. The molecule has 3 fully saturated rings. The van der Waals surface area contributed by atoms with Crippen molar-refractivity contribution < 1.29 is 89.4 Å². The van der Waals surface area contributed by atoms with E-state index in [1.807, 2.05) is 6.08 Å². The molecule has 19 heteroatoms. The first-order valence-electron chi connectivity index (χ1n) is 35.5. The van der Waals surface area contributed by atoms with Crippen LogP contribution in [0.15, 0.2) is 97.2 Å². The fourth-order valence-electron chi connectivity index (χ4n) is 11.4. The van der Waals surface area contributed by atoms with Gasteiger partial charge in [-0.3, -0.25) is 4.79 Å². The fraction of sp³-hybridized carbons (Fsp3) is 0.767.